The maximum atomic E-state index is 12.7. The summed E-state index contributed by atoms with van der Waals surface area (Å²) in [6.07, 6.45) is 0.771. The Balaban J connectivity index is 1.75. The summed E-state index contributed by atoms with van der Waals surface area (Å²) in [6, 6.07) is 17.4. The van der Waals surface area contributed by atoms with Gasteiger partial charge in [-0.2, -0.15) is 0 Å². The van der Waals surface area contributed by atoms with E-state index < -0.39 is 0 Å². The Labute approximate surface area is 169 Å². The van der Waals surface area contributed by atoms with Crippen LogP contribution in [0.25, 0.3) is 0 Å². The van der Waals surface area contributed by atoms with E-state index in [4.69, 9.17) is 20.9 Å². The number of hydrogen-bond acceptors (Lipinski definition) is 4. The fourth-order valence-corrected chi connectivity index (χ4v) is 3.31. The molecule has 1 unspecified atom stereocenters. The van der Waals surface area contributed by atoms with Crippen LogP contribution in [0.5, 0.6) is 5.75 Å². The van der Waals surface area contributed by atoms with Crippen LogP contribution in [0.3, 0.4) is 0 Å². The fraction of sp³-hybridized carbons (Fsp3) is 0.273. The number of carbonyl (C=O) groups excluding carboxylic acids is 1. The molecular weight excluding hydrogens is 376 g/mol. The van der Waals surface area contributed by atoms with Crippen LogP contribution >= 0.6 is 11.6 Å². The number of halogens is 1. The molecule has 28 heavy (non-hydrogen) atoms. The Bertz CT molecular complexity index is 888. The van der Waals surface area contributed by atoms with E-state index in [9.17, 15) is 4.79 Å². The summed E-state index contributed by atoms with van der Waals surface area (Å²) in [6.45, 7) is 4.38. The summed E-state index contributed by atoms with van der Waals surface area (Å²) in [5.41, 5.74) is 3.49. The van der Waals surface area contributed by atoms with Gasteiger partial charge in [-0.05, 0) is 55.1 Å². The van der Waals surface area contributed by atoms with Crippen LogP contribution in [0.2, 0.25) is 5.22 Å². The van der Waals surface area contributed by atoms with E-state index in [2.05, 4.69) is 10.5 Å². The number of benzene rings is 2. The Morgan fingerprint density at radius 3 is 2.43 bits per heavy atom. The predicted molar refractivity (Wildman–Crippen MR) is 109 cm³/mol. The van der Waals surface area contributed by atoms with Gasteiger partial charge in [-0.25, -0.2) is 0 Å². The van der Waals surface area contributed by atoms with Gasteiger partial charge in [0.25, 0.3) is 0 Å². The number of hydrogen-bond donors (Lipinski definition) is 1. The largest absolute Gasteiger partial charge is 0.494 e. The zero-order chi connectivity index (χ0) is 19.9. The average molecular weight is 399 g/mol. The molecule has 0 aliphatic rings. The lowest BCUT2D eigenvalue weighted by Gasteiger charge is -2.20. The third-order valence-electron chi connectivity index (χ3n) is 4.50. The zero-order valence-corrected chi connectivity index (χ0v) is 16.7. The van der Waals surface area contributed by atoms with Crippen LogP contribution in [-0.2, 0) is 11.2 Å². The monoisotopic (exact) mass is 398 g/mol. The summed E-state index contributed by atoms with van der Waals surface area (Å²) >= 11 is 5.99. The van der Waals surface area contributed by atoms with Gasteiger partial charge < -0.3 is 14.6 Å². The molecule has 0 aliphatic carbocycles. The molecule has 1 atom stereocenters. The second-order valence-electron chi connectivity index (χ2n) is 6.43. The standard InChI is InChI=1S/C22H23ClN2O3/c1-3-27-18-11-9-17(10-12-18)21(16-7-5-4-6-8-16)24-20(26)14-13-19-15(2)25-28-22(19)23/h4-12,21H,3,13-14H2,1-2H3,(H,24,26). The number of aryl methyl sites for hydroxylation is 1. The molecule has 1 aromatic heterocycles. The van der Waals surface area contributed by atoms with Gasteiger partial charge in [0, 0.05) is 12.0 Å². The van der Waals surface area contributed by atoms with E-state index >= 15 is 0 Å². The van der Waals surface area contributed by atoms with E-state index in [-0.39, 0.29) is 17.2 Å². The number of ether oxygens (including phenoxy) is 1. The summed E-state index contributed by atoms with van der Waals surface area (Å²) in [5, 5.41) is 7.20. The molecular formula is C22H23ClN2O3. The topological polar surface area (TPSA) is 64.4 Å². The summed E-state index contributed by atoms with van der Waals surface area (Å²) in [5.74, 6) is 0.737. The van der Waals surface area contributed by atoms with Gasteiger partial charge in [-0.3, -0.25) is 4.79 Å². The lowest BCUT2D eigenvalue weighted by molar-refractivity contribution is -0.121. The molecule has 3 rings (SSSR count). The molecule has 0 spiro atoms. The van der Waals surface area contributed by atoms with Crippen LogP contribution in [0.15, 0.2) is 59.1 Å². The van der Waals surface area contributed by atoms with Crippen LogP contribution in [0.1, 0.15) is 41.8 Å². The number of rotatable bonds is 8. The minimum Gasteiger partial charge on any atom is -0.494 e. The molecule has 0 radical (unpaired) electrons. The molecule has 3 aromatic rings. The third kappa shape index (κ3) is 4.93. The zero-order valence-electron chi connectivity index (χ0n) is 15.9. The normalized spacial score (nSPS) is 11.8. The van der Waals surface area contributed by atoms with E-state index in [1.807, 2.05) is 68.4 Å². The van der Waals surface area contributed by atoms with Crippen molar-refractivity contribution in [2.45, 2.75) is 32.7 Å². The summed E-state index contributed by atoms with van der Waals surface area (Å²) < 4.78 is 10.5. The van der Waals surface area contributed by atoms with E-state index in [1.54, 1.807) is 0 Å². The Morgan fingerprint density at radius 1 is 1.14 bits per heavy atom. The molecule has 0 bridgehead atoms. The summed E-state index contributed by atoms with van der Waals surface area (Å²) in [7, 11) is 0. The van der Waals surface area contributed by atoms with Gasteiger partial charge in [0.05, 0.1) is 18.3 Å². The van der Waals surface area contributed by atoms with Gasteiger partial charge in [-0.1, -0.05) is 47.6 Å². The Morgan fingerprint density at radius 2 is 1.82 bits per heavy atom. The molecule has 1 amide bonds. The maximum Gasteiger partial charge on any atom is 0.229 e. The summed E-state index contributed by atoms with van der Waals surface area (Å²) in [4.78, 5) is 12.7. The van der Waals surface area contributed by atoms with Crippen molar-refractivity contribution < 1.29 is 14.1 Å². The van der Waals surface area contributed by atoms with Crippen molar-refractivity contribution in [3.8, 4) is 5.75 Å². The number of aromatic nitrogens is 1. The van der Waals surface area contributed by atoms with Crippen LogP contribution in [0, 0.1) is 6.92 Å². The molecule has 0 saturated carbocycles. The second-order valence-corrected chi connectivity index (χ2v) is 6.78. The lowest BCUT2D eigenvalue weighted by Crippen LogP contribution is -2.29. The number of carbonyl (C=O) groups is 1. The van der Waals surface area contributed by atoms with Crippen molar-refractivity contribution in [3.63, 3.8) is 0 Å². The van der Waals surface area contributed by atoms with Gasteiger partial charge in [0.2, 0.25) is 11.1 Å². The predicted octanol–water partition coefficient (Wildman–Crippen LogP) is 4.87. The van der Waals surface area contributed by atoms with Crippen molar-refractivity contribution >= 4 is 17.5 Å². The molecule has 2 aromatic carbocycles. The second kappa shape index (κ2) is 9.42. The molecule has 1 N–H and O–H groups in total. The van der Waals surface area contributed by atoms with Gasteiger partial charge in [0.1, 0.15) is 5.75 Å². The lowest BCUT2D eigenvalue weighted by atomic mass is 9.98. The maximum absolute atomic E-state index is 12.7. The fourth-order valence-electron chi connectivity index (χ4n) is 3.04. The van der Waals surface area contributed by atoms with Crippen LogP contribution in [-0.4, -0.2) is 17.7 Å². The number of amides is 1. The van der Waals surface area contributed by atoms with E-state index in [0.29, 0.717) is 25.1 Å². The molecule has 146 valence electrons. The molecule has 1 heterocycles. The smallest absolute Gasteiger partial charge is 0.229 e. The molecule has 6 heteroatoms. The van der Waals surface area contributed by atoms with Crippen molar-refractivity contribution in [3.05, 3.63) is 82.2 Å². The van der Waals surface area contributed by atoms with Crippen molar-refractivity contribution in [1.82, 2.24) is 10.5 Å². The highest BCUT2D eigenvalue weighted by Crippen LogP contribution is 2.25. The first-order chi connectivity index (χ1) is 13.6. The highest BCUT2D eigenvalue weighted by molar-refractivity contribution is 6.29. The highest BCUT2D eigenvalue weighted by Gasteiger charge is 2.18. The van der Waals surface area contributed by atoms with Crippen molar-refractivity contribution in [1.29, 1.82) is 0 Å². The average Bonchev–Trinajstić information content (AvgIpc) is 3.04. The van der Waals surface area contributed by atoms with Crippen LogP contribution < -0.4 is 10.1 Å². The first-order valence-electron chi connectivity index (χ1n) is 9.26. The Hall–Kier alpha value is -2.79. The minimum atomic E-state index is -0.247. The number of nitrogens with one attached hydrogen (secondary N) is 1. The Kier molecular flexibility index (Phi) is 6.71. The first-order valence-corrected chi connectivity index (χ1v) is 9.64. The van der Waals surface area contributed by atoms with Gasteiger partial charge in [-0.15, -0.1) is 0 Å². The minimum absolute atomic E-state index is 0.0700. The van der Waals surface area contributed by atoms with E-state index in [0.717, 1.165) is 22.4 Å². The SMILES string of the molecule is CCOc1ccc(C(NC(=O)CCc2c(C)noc2Cl)c2ccccc2)cc1. The van der Waals surface area contributed by atoms with E-state index in [1.165, 1.54) is 0 Å². The van der Waals surface area contributed by atoms with Crippen molar-refractivity contribution in [2.24, 2.45) is 0 Å². The third-order valence-corrected chi connectivity index (χ3v) is 4.80. The van der Waals surface area contributed by atoms with Gasteiger partial charge in [0.15, 0.2) is 0 Å². The number of nitrogens with zero attached hydrogens (tertiary/aromatic N) is 1. The first kappa shape index (κ1) is 20.0. The van der Waals surface area contributed by atoms with Crippen LogP contribution in [0.4, 0.5) is 0 Å². The molecule has 0 aliphatic heterocycles. The molecule has 0 fully saturated rings. The quantitative estimate of drug-likeness (QED) is 0.587. The highest BCUT2D eigenvalue weighted by atomic mass is 35.5. The molecule has 0 saturated heterocycles. The van der Waals surface area contributed by atoms with Crippen molar-refractivity contribution in [2.75, 3.05) is 6.61 Å². The van der Waals surface area contributed by atoms with Gasteiger partial charge >= 0.3 is 0 Å². The molecule has 5 nitrogen and oxygen atoms in total.